The molecule has 0 atom stereocenters. The monoisotopic (exact) mass is 239 g/mol. The molecule has 7 heteroatoms. The van der Waals surface area contributed by atoms with Crippen LogP contribution in [-0.4, -0.2) is 38.0 Å². The van der Waals surface area contributed by atoms with Crippen molar-refractivity contribution in [3.63, 3.8) is 0 Å². The number of hydroxylamine groups is 2. The van der Waals surface area contributed by atoms with Gasteiger partial charge in [0.2, 0.25) is 0 Å². The second kappa shape index (κ2) is 4.80. The highest BCUT2D eigenvalue weighted by Crippen LogP contribution is 2.10. The molecule has 0 aliphatic rings. The Morgan fingerprint density at radius 2 is 1.80 bits per heavy atom. The Kier molecular flexibility index (Phi) is 4.54. The molecule has 0 fully saturated rings. The van der Waals surface area contributed by atoms with Crippen LogP contribution in [-0.2, 0) is 19.1 Å². The van der Waals surface area contributed by atoms with Crippen LogP contribution in [0.4, 0.5) is 4.79 Å². The summed E-state index contributed by atoms with van der Waals surface area (Å²) in [7, 11) is -3.71. The third kappa shape index (κ3) is 7.15. The highest BCUT2D eigenvalue weighted by molar-refractivity contribution is 7.85. The summed E-state index contributed by atoms with van der Waals surface area (Å²) < 4.78 is 31.0. The normalized spacial score (nSPS) is 12.3. The molecule has 0 bridgehead atoms. The first-order valence-corrected chi connectivity index (χ1v) is 6.27. The van der Waals surface area contributed by atoms with Crippen molar-refractivity contribution >= 4 is 16.2 Å². The molecule has 0 aromatic carbocycles. The predicted molar refractivity (Wildman–Crippen MR) is 54.5 cm³/mol. The van der Waals surface area contributed by atoms with Crippen molar-refractivity contribution < 1.29 is 22.2 Å². The van der Waals surface area contributed by atoms with Crippen molar-refractivity contribution in [1.29, 1.82) is 0 Å². The fourth-order valence-corrected chi connectivity index (χ4v) is 1.18. The van der Waals surface area contributed by atoms with Crippen LogP contribution in [0.2, 0.25) is 0 Å². The third-order valence-corrected chi connectivity index (χ3v) is 1.56. The lowest BCUT2D eigenvalue weighted by Gasteiger charge is -2.24. The van der Waals surface area contributed by atoms with Crippen molar-refractivity contribution in [1.82, 2.24) is 5.06 Å². The maximum Gasteiger partial charge on any atom is 0.435 e. The molecule has 0 spiro atoms. The van der Waals surface area contributed by atoms with Gasteiger partial charge in [-0.3, -0.25) is 0 Å². The van der Waals surface area contributed by atoms with E-state index in [4.69, 9.17) is 4.74 Å². The van der Waals surface area contributed by atoms with Gasteiger partial charge in [0.25, 0.3) is 10.1 Å². The van der Waals surface area contributed by atoms with E-state index >= 15 is 0 Å². The highest BCUT2D eigenvalue weighted by atomic mass is 32.2. The van der Waals surface area contributed by atoms with Gasteiger partial charge >= 0.3 is 6.09 Å². The van der Waals surface area contributed by atoms with Gasteiger partial charge in [-0.15, -0.1) is 4.28 Å². The van der Waals surface area contributed by atoms with Crippen LogP contribution in [0.25, 0.3) is 0 Å². The summed E-state index contributed by atoms with van der Waals surface area (Å²) >= 11 is 0. The minimum atomic E-state index is -3.71. The Morgan fingerprint density at radius 3 is 2.07 bits per heavy atom. The number of amides is 1. The summed E-state index contributed by atoms with van der Waals surface area (Å²) in [4.78, 5) is 11.4. The van der Waals surface area contributed by atoms with E-state index in [-0.39, 0.29) is 6.54 Å². The van der Waals surface area contributed by atoms with Crippen LogP contribution in [0.5, 0.6) is 0 Å². The van der Waals surface area contributed by atoms with Crippen molar-refractivity contribution in [2.24, 2.45) is 0 Å². The summed E-state index contributed by atoms with van der Waals surface area (Å²) in [5, 5.41) is 0.653. The number of carbonyl (C=O) groups is 1. The lowest BCUT2D eigenvalue weighted by molar-refractivity contribution is -0.0649. The standard InChI is InChI=1S/C8H17NO5S/c1-6-9(14-15(5,11)12)7(10)13-8(2,3)4/h6H2,1-5H3. The summed E-state index contributed by atoms with van der Waals surface area (Å²) in [5.74, 6) is 0. The van der Waals surface area contributed by atoms with Crippen LogP contribution < -0.4 is 0 Å². The quantitative estimate of drug-likeness (QED) is 0.690. The SMILES string of the molecule is CCN(OS(C)(=O)=O)C(=O)OC(C)(C)C. The molecule has 0 N–H and O–H groups in total. The predicted octanol–water partition coefficient (Wildman–Crippen LogP) is 1.13. The molecule has 0 rings (SSSR count). The van der Waals surface area contributed by atoms with E-state index in [9.17, 15) is 13.2 Å². The van der Waals surface area contributed by atoms with Crippen LogP contribution in [0.1, 0.15) is 27.7 Å². The number of hydrogen-bond acceptors (Lipinski definition) is 5. The molecule has 6 nitrogen and oxygen atoms in total. The third-order valence-electron chi connectivity index (χ3n) is 1.11. The van der Waals surface area contributed by atoms with E-state index in [1.54, 1.807) is 27.7 Å². The van der Waals surface area contributed by atoms with Gasteiger partial charge < -0.3 is 4.74 Å². The zero-order valence-electron chi connectivity index (χ0n) is 9.60. The second-order valence-corrected chi connectivity index (χ2v) is 5.51. The molecule has 0 aromatic heterocycles. The molecule has 0 heterocycles. The Morgan fingerprint density at radius 1 is 1.33 bits per heavy atom. The van der Waals surface area contributed by atoms with Gasteiger partial charge in [-0.25, -0.2) is 4.79 Å². The number of hydrogen-bond donors (Lipinski definition) is 0. The first-order chi connectivity index (χ1) is 6.55. The summed E-state index contributed by atoms with van der Waals surface area (Å²) in [6.45, 7) is 6.70. The first-order valence-electron chi connectivity index (χ1n) is 4.45. The molecule has 0 saturated carbocycles. The molecular formula is C8H17NO5S. The lowest BCUT2D eigenvalue weighted by Crippen LogP contribution is -2.38. The van der Waals surface area contributed by atoms with Crippen LogP contribution in [0, 0.1) is 0 Å². The molecule has 0 saturated heterocycles. The Hall–Kier alpha value is -0.820. The van der Waals surface area contributed by atoms with Crippen molar-refractivity contribution in [3.05, 3.63) is 0 Å². The average Bonchev–Trinajstić information content (AvgIpc) is 1.94. The van der Waals surface area contributed by atoms with E-state index in [2.05, 4.69) is 4.28 Å². The Bertz CT molecular complexity index is 316. The number of rotatable bonds is 3. The maximum absolute atomic E-state index is 11.4. The van der Waals surface area contributed by atoms with E-state index in [1.807, 2.05) is 0 Å². The lowest BCUT2D eigenvalue weighted by atomic mass is 10.2. The number of nitrogens with zero attached hydrogens (tertiary/aromatic N) is 1. The van der Waals surface area contributed by atoms with Gasteiger partial charge in [-0.2, -0.15) is 13.5 Å². The van der Waals surface area contributed by atoms with Gasteiger partial charge in [-0.1, -0.05) is 0 Å². The fraction of sp³-hybridized carbons (Fsp3) is 0.875. The van der Waals surface area contributed by atoms with Gasteiger partial charge in [0.15, 0.2) is 0 Å². The topological polar surface area (TPSA) is 72.9 Å². The first kappa shape index (κ1) is 14.2. The van der Waals surface area contributed by atoms with Gasteiger partial charge in [0, 0.05) is 0 Å². The van der Waals surface area contributed by atoms with E-state index in [1.165, 1.54) is 0 Å². The smallest absolute Gasteiger partial charge is 0.435 e. The molecular weight excluding hydrogens is 222 g/mol. The molecule has 0 unspecified atom stereocenters. The van der Waals surface area contributed by atoms with Gasteiger partial charge in [0.1, 0.15) is 5.60 Å². The van der Waals surface area contributed by atoms with Crippen molar-refractivity contribution in [2.45, 2.75) is 33.3 Å². The molecule has 90 valence electrons. The second-order valence-electron chi connectivity index (χ2n) is 3.95. The van der Waals surface area contributed by atoms with Crippen LogP contribution >= 0.6 is 0 Å². The van der Waals surface area contributed by atoms with E-state index < -0.39 is 21.8 Å². The largest absolute Gasteiger partial charge is 0.442 e. The Labute approximate surface area is 90.2 Å². The summed E-state index contributed by atoms with van der Waals surface area (Å²) in [5.41, 5.74) is -0.689. The molecule has 1 amide bonds. The maximum atomic E-state index is 11.4. The van der Waals surface area contributed by atoms with E-state index in [0.29, 0.717) is 5.06 Å². The molecule has 15 heavy (non-hydrogen) atoms. The highest BCUT2D eigenvalue weighted by Gasteiger charge is 2.24. The summed E-state index contributed by atoms with van der Waals surface area (Å²) in [6, 6.07) is 0. The van der Waals surface area contributed by atoms with Crippen LogP contribution in [0.3, 0.4) is 0 Å². The molecule has 0 radical (unpaired) electrons. The van der Waals surface area contributed by atoms with Crippen molar-refractivity contribution in [2.75, 3.05) is 12.8 Å². The molecule has 0 aliphatic carbocycles. The zero-order chi connectivity index (χ0) is 12.3. The molecule has 0 aliphatic heterocycles. The zero-order valence-corrected chi connectivity index (χ0v) is 10.4. The molecule has 0 aromatic rings. The minimum absolute atomic E-state index is 0.0853. The van der Waals surface area contributed by atoms with Crippen molar-refractivity contribution in [3.8, 4) is 0 Å². The minimum Gasteiger partial charge on any atom is -0.442 e. The average molecular weight is 239 g/mol. The van der Waals surface area contributed by atoms with E-state index in [0.717, 1.165) is 6.26 Å². The summed E-state index contributed by atoms with van der Waals surface area (Å²) in [6.07, 6.45) is 0.0375. The van der Waals surface area contributed by atoms with Gasteiger partial charge in [0.05, 0.1) is 12.8 Å². The van der Waals surface area contributed by atoms with Gasteiger partial charge in [-0.05, 0) is 27.7 Å². The fourth-order valence-electron chi connectivity index (χ4n) is 0.689. The number of ether oxygens (including phenoxy) is 1. The Balaban J connectivity index is 4.50. The number of carbonyl (C=O) groups excluding carboxylic acids is 1. The van der Waals surface area contributed by atoms with Crippen LogP contribution in [0.15, 0.2) is 0 Å².